The molecule has 2 fully saturated rings. The Hall–Kier alpha value is 0. The third-order valence-corrected chi connectivity index (χ3v) is 5.04. The van der Waals surface area contributed by atoms with Gasteiger partial charge in [0, 0.05) is 0 Å². The van der Waals surface area contributed by atoms with Crippen molar-refractivity contribution in [1.82, 2.24) is 0 Å². The van der Waals surface area contributed by atoms with Gasteiger partial charge in [-0.1, -0.05) is 47.0 Å². The average molecular weight is 221 g/mol. The van der Waals surface area contributed by atoms with Crippen molar-refractivity contribution in [3.63, 3.8) is 0 Å². The van der Waals surface area contributed by atoms with Crippen LogP contribution in [0.2, 0.25) is 0 Å². The van der Waals surface area contributed by atoms with Gasteiger partial charge in [0.25, 0.3) is 0 Å². The van der Waals surface area contributed by atoms with Gasteiger partial charge >= 0.3 is 0 Å². The van der Waals surface area contributed by atoms with Crippen LogP contribution in [0.3, 0.4) is 0 Å². The summed E-state index contributed by atoms with van der Waals surface area (Å²) < 4.78 is 0. The summed E-state index contributed by atoms with van der Waals surface area (Å²) in [5.41, 5.74) is 0. The van der Waals surface area contributed by atoms with E-state index in [2.05, 4.69) is 27.7 Å². The minimum Gasteiger partial charge on any atom is -0.0625 e. The Kier molecular flexibility index (Phi) is 3.97. The predicted octanol–water partition coefficient (Wildman–Crippen LogP) is 5.09. The lowest BCUT2D eigenvalue weighted by molar-refractivity contribution is 0.149. The van der Waals surface area contributed by atoms with Crippen LogP contribution in [0.15, 0.2) is 0 Å². The van der Waals surface area contributed by atoms with Gasteiger partial charge < -0.3 is 0 Å². The first kappa shape index (κ1) is 12.5. The zero-order chi connectivity index (χ0) is 11.7. The van der Waals surface area contributed by atoms with Crippen molar-refractivity contribution in [3.05, 3.63) is 5.92 Å². The summed E-state index contributed by atoms with van der Waals surface area (Å²) in [6.07, 6.45) is 8.74. The fraction of sp³-hybridized carbons (Fsp3) is 0.938. The molecule has 0 amide bonds. The van der Waals surface area contributed by atoms with Crippen LogP contribution in [0.4, 0.5) is 0 Å². The summed E-state index contributed by atoms with van der Waals surface area (Å²) in [5.74, 6) is 6.69. The van der Waals surface area contributed by atoms with Crippen molar-refractivity contribution < 1.29 is 0 Å². The van der Waals surface area contributed by atoms with Gasteiger partial charge in [-0.25, -0.2) is 0 Å². The summed E-state index contributed by atoms with van der Waals surface area (Å²) in [7, 11) is 0. The maximum Gasteiger partial charge on any atom is -0.0199 e. The quantitative estimate of drug-likeness (QED) is 0.578. The van der Waals surface area contributed by atoms with Crippen LogP contribution in [0.1, 0.15) is 66.2 Å². The van der Waals surface area contributed by atoms with Crippen molar-refractivity contribution in [2.45, 2.75) is 66.2 Å². The van der Waals surface area contributed by atoms with E-state index in [1.165, 1.54) is 38.5 Å². The molecule has 2 aliphatic carbocycles. The van der Waals surface area contributed by atoms with Gasteiger partial charge in [0.2, 0.25) is 0 Å². The van der Waals surface area contributed by atoms with E-state index in [0.29, 0.717) is 0 Å². The Bertz CT molecular complexity index is 200. The van der Waals surface area contributed by atoms with Gasteiger partial charge in [0.05, 0.1) is 0 Å². The normalized spacial score (nSPS) is 46.9. The summed E-state index contributed by atoms with van der Waals surface area (Å²) in [4.78, 5) is 0. The Morgan fingerprint density at radius 1 is 0.812 bits per heavy atom. The molecule has 2 saturated carbocycles. The number of hydrogen-bond acceptors (Lipinski definition) is 0. The molecule has 0 heterocycles. The molecular formula is C16H29. The summed E-state index contributed by atoms with van der Waals surface area (Å²) >= 11 is 0. The number of rotatable bonds is 1. The van der Waals surface area contributed by atoms with Crippen molar-refractivity contribution in [2.75, 3.05) is 0 Å². The van der Waals surface area contributed by atoms with Crippen LogP contribution < -0.4 is 0 Å². The molecule has 0 bridgehead atoms. The third-order valence-electron chi connectivity index (χ3n) is 5.04. The molecule has 1 radical (unpaired) electrons. The van der Waals surface area contributed by atoms with Crippen LogP contribution in [0, 0.1) is 35.5 Å². The molecule has 0 spiro atoms. The smallest absolute Gasteiger partial charge is 0.0199 e. The Balaban J connectivity index is 2.03. The second-order valence-electron chi connectivity index (χ2n) is 6.92. The van der Waals surface area contributed by atoms with Gasteiger partial charge in [-0.2, -0.15) is 0 Å². The molecule has 4 atom stereocenters. The maximum absolute atomic E-state index is 2.50. The lowest BCUT2D eigenvalue weighted by Gasteiger charge is -2.44. The van der Waals surface area contributed by atoms with E-state index in [1.54, 1.807) is 0 Å². The summed E-state index contributed by atoms with van der Waals surface area (Å²) in [6.45, 7) is 9.90. The Morgan fingerprint density at radius 3 is 1.81 bits per heavy atom. The van der Waals surface area contributed by atoms with E-state index in [4.69, 9.17) is 0 Å². The van der Waals surface area contributed by atoms with Crippen molar-refractivity contribution in [2.24, 2.45) is 29.6 Å². The van der Waals surface area contributed by atoms with Gasteiger partial charge in [-0.15, -0.1) is 0 Å². The van der Waals surface area contributed by atoms with E-state index in [9.17, 15) is 0 Å². The zero-order valence-corrected chi connectivity index (χ0v) is 11.6. The number of hydrogen-bond donors (Lipinski definition) is 0. The molecule has 2 aliphatic rings. The molecule has 0 heteroatoms. The zero-order valence-electron chi connectivity index (χ0n) is 11.6. The molecular weight excluding hydrogens is 192 g/mol. The maximum atomic E-state index is 2.50. The van der Waals surface area contributed by atoms with Crippen molar-refractivity contribution >= 4 is 0 Å². The first-order valence-electron chi connectivity index (χ1n) is 7.42. The molecule has 0 aromatic heterocycles. The topological polar surface area (TPSA) is 0 Å². The van der Waals surface area contributed by atoms with Gasteiger partial charge in [-0.3, -0.25) is 0 Å². The molecule has 0 N–H and O–H groups in total. The fourth-order valence-corrected chi connectivity index (χ4v) is 4.59. The first-order valence-corrected chi connectivity index (χ1v) is 7.42. The van der Waals surface area contributed by atoms with Crippen LogP contribution in [0.5, 0.6) is 0 Å². The highest BCUT2D eigenvalue weighted by atomic mass is 14.4. The molecule has 93 valence electrons. The average Bonchev–Trinajstić information content (AvgIpc) is 2.15. The van der Waals surface area contributed by atoms with Crippen LogP contribution >= 0.6 is 0 Å². The highest BCUT2D eigenvalue weighted by Crippen LogP contribution is 2.47. The molecule has 16 heavy (non-hydrogen) atoms. The van der Waals surface area contributed by atoms with E-state index in [-0.39, 0.29) is 0 Å². The Morgan fingerprint density at radius 2 is 1.31 bits per heavy atom. The van der Waals surface area contributed by atoms with E-state index in [1.807, 2.05) is 5.92 Å². The second kappa shape index (κ2) is 5.10. The molecule has 0 aromatic rings. The predicted molar refractivity (Wildman–Crippen MR) is 71.1 cm³/mol. The van der Waals surface area contributed by atoms with E-state index < -0.39 is 0 Å². The summed E-state index contributed by atoms with van der Waals surface area (Å²) in [5, 5.41) is 0. The van der Waals surface area contributed by atoms with Crippen LogP contribution in [0.25, 0.3) is 0 Å². The second-order valence-corrected chi connectivity index (χ2v) is 6.92. The monoisotopic (exact) mass is 221 g/mol. The largest absolute Gasteiger partial charge is 0.0625 e. The first-order chi connectivity index (χ1) is 7.58. The summed E-state index contributed by atoms with van der Waals surface area (Å²) in [6, 6.07) is 0. The van der Waals surface area contributed by atoms with Crippen LogP contribution in [-0.4, -0.2) is 0 Å². The molecule has 4 unspecified atom stereocenters. The lowest BCUT2D eigenvalue weighted by Crippen LogP contribution is -2.34. The van der Waals surface area contributed by atoms with Crippen LogP contribution in [-0.2, 0) is 0 Å². The minimum absolute atomic E-state index is 0.945. The van der Waals surface area contributed by atoms with E-state index >= 15 is 0 Å². The van der Waals surface area contributed by atoms with E-state index in [0.717, 1.165) is 29.6 Å². The SMILES string of the molecule is CC1C[C](C2C(C)CCCC2C)CC(C)C1. The molecule has 0 aromatic carbocycles. The highest BCUT2D eigenvalue weighted by Gasteiger charge is 2.37. The third kappa shape index (κ3) is 2.63. The standard InChI is InChI=1S/C16H29/c1-11-8-12(2)10-15(9-11)16-13(3)6-5-7-14(16)4/h11-14,16H,5-10H2,1-4H3. The Labute approximate surface area is 102 Å². The molecule has 0 aliphatic heterocycles. The molecule has 2 rings (SSSR count). The molecule has 0 saturated heterocycles. The van der Waals surface area contributed by atoms with Gasteiger partial charge in [0.15, 0.2) is 0 Å². The van der Waals surface area contributed by atoms with Crippen molar-refractivity contribution in [1.29, 1.82) is 0 Å². The lowest BCUT2D eigenvalue weighted by atomic mass is 9.61. The van der Waals surface area contributed by atoms with Crippen molar-refractivity contribution in [3.8, 4) is 0 Å². The highest BCUT2D eigenvalue weighted by molar-refractivity contribution is 5.05. The van der Waals surface area contributed by atoms with Gasteiger partial charge in [-0.05, 0) is 54.8 Å². The fourth-order valence-electron chi connectivity index (χ4n) is 4.59. The van der Waals surface area contributed by atoms with Gasteiger partial charge in [0.1, 0.15) is 0 Å². The molecule has 0 nitrogen and oxygen atoms in total. The minimum atomic E-state index is 0.945.